The zero-order valence-electron chi connectivity index (χ0n) is 17.3. The molecular weight excluding hydrogens is 426 g/mol. The third-order valence-electron chi connectivity index (χ3n) is 5.32. The van der Waals surface area contributed by atoms with Gasteiger partial charge in [0, 0.05) is 23.2 Å². The van der Waals surface area contributed by atoms with E-state index < -0.39 is 0 Å². The predicted octanol–water partition coefficient (Wildman–Crippen LogP) is 1.84. The van der Waals surface area contributed by atoms with Gasteiger partial charge in [-0.05, 0) is 36.0 Å². The van der Waals surface area contributed by atoms with Gasteiger partial charge in [0.2, 0.25) is 0 Å². The summed E-state index contributed by atoms with van der Waals surface area (Å²) in [7, 11) is 0. The van der Waals surface area contributed by atoms with Crippen LogP contribution >= 0.6 is 0 Å². The Morgan fingerprint density at radius 2 is 1.70 bits per heavy atom. The molecule has 1 aromatic heterocycles. The molecule has 0 unspecified atom stereocenters. The van der Waals surface area contributed by atoms with E-state index >= 15 is 0 Å². The van der Waals surface area contributed by atoms with Gasteiger partial charge in [-0.2, -0.15) is 0 Å². The average molecular weight is 446 g/mol. The van der Waals surface area contributed by atoms with Crippen molar-refractivity contribution in [3.05, 3.63) is 81.6 Å². The van der Waals surface area contributed by atoms with Crippen LogP contribution in [0.4, 0.5) is 0 Å². The van der Waals surface area contributed by atoms with Crippen molar-refractivity contribution < 1.29 is 24.6 Å². The molecule has 30 heavy (non-hydrogen) atoms. The Morgan fingerprint density at radius 1 is 0.933 bits per heavy atom. The Kier molecular flexibility index (Phi) is 5.07. The number of aromatic nitrogens is 1. The normalized spacial score (nSPS) is 22.5. The minimum absolute atomic E-state index is 0. The molecule has 0 atom stereocenters. The van der Waals surface area contributed by atoms with Crippen LogP contribution in [-0.2, 0) is 19.5 Å². The van der Waals surface area contributed by atoms with E-state index in [9.17, 15) is 5.11 Å². The summed E-state index contributed by atoms with van der Waals surface area (Å²) in [5, 5.41) is 13.7. The number of fused-ring (bicyclic) bond motifs is 5. The summed E-state index contributed by atoms with van der Waals surface area (Å²) in [5.41, 5.74) is 5.61. The molecule has 4 aliphatic rings. The number of rotatable bonds is 0. The fraction of sp³-hybridized carbons (Fsp3) is 0.208. The SMILES string of the molecule is C/C([O-])=C1/C=C2C=C3CC(C)(C)C(=N3)C=C3C=CC(=N3)C=c3ccc([n-]3)=CC1=N2.[Zn+2]. The summed E-state index contributed by atoms with van der Waals surface area (Å²) < 4.78 is 0. The standard InChI is InChI=1S/C24H21N4O.Zn/c1-14(29)21-10-19-9-20-13-24(2,3)23(28-20)12-18-7-5-16(26-18)8-15-4-6-17(25-15)11-22(21)27-19;/h4-12H,13H2,1-3H3,(H-,25,26,27,28,29);/q-1;+2/p-1. The van der Waals surface area contributed by atoms with Crippen LogP contribution < -0.4 is 20.8 Å². The van der Waals surface area contributed by atoms with Gasteiger partial charge in [-0.1, -0.05) is 45.1 Å². The fourth-order valence-electron chi connectivity index (χ4n) is 3.83. The first kappa shape index (κ1) is 20.4. The van der Waals surface area contributed by atoms with Crippen molar-refractivity contribution >= 4 is 29.3 Å². The van der Waals surface area contributed by atoms with Gasteiger partial charge in [-0.3, -0.25) is 4.99 Å². The minimum atomic E-state index is -0.0880. The van der Waals surface area contributed by atoms with Gasteiger partial charge >= 0.3 is 19.5 Å². The average Bonchev–Trinajstić information content (AvgIpc) is 3.39. The summed E-state index contributed by atoms with van der Waals surface area (Å²) in [6, 6.07) is 3.86. The quantitative estimate of drug-likeness (QED) is 0.451. The second-order valence-corrected chi connectivity index (χ2v) is 8.25. The van der Waals surface area contributed by atoms with Crippen molar-refractivity contribution in [3.8, 4) is 0 Å². The molecule has 0 aromatic carbocycles. The van der Waals surface area contributed by atoms with E-state index in [1.165, 1.54) is 0 Å². The maximum absolute atomic E-state index is 12.1. The number of nitrogens with zero attached hydrogens (tertiary/aromatic N) is 4. The Morgan fingerprint density at radius 3 is 2.47 bits per heavy atom. The number of hydrogen-bond donors (Lipinski definition) is 0. The monoisotopic (exact) mass is 444 g/mol. The third-order valence-corrected chi connectivity index (χ3v) is 5.32. The molecule has 0 radical (unpaired) electrons. The van der Waals surface area contributed by atoms with E-state index in [2.05, 4.69) is 28.8 Å². The molecule has 8 bridgehead atoms. The Labute approximate surface area is 187 Å². The van der Waals surface area contributed by atoms with Gasteiger partial charge in [-0.25, -0.2) is 9.98 Å². The van der Waals surface area contributed by atoms with Gasteiger partial charge in [0.25, 0.3) is 0 Å². The molecule has 144 valence electrons. The van der Waals surface area contributed by atoms with Crippen molar-refractivity contribution in [3.63, 3.8) is 0 Å². The topological polar surface area (TPSA) is 74.2 Å². The van der Waals surface area contributed by atoms with Crippen LogP contribution in [0.15, 0.2) is 85.9 Å². The summed E-state index contributed by atoms with van der Waals surface area (Å²) in [6.07, 6.45) is 14.5. The predicted molar refractivity (Wildman–Crippen MR) is 115 cm³/mol. The van der Waals surface area contributed by atoms with Crippen LogP contribution in [0.3, 0.4) is 0 Å². The maximum atomic E-state index is 12.1. The zero-order valence-corrected chi connectivity index (χ0v) is 20.3. The van der Waals surface area contributed by atoms with Crippen LogP contribution in [0.1, 0.15) is 27.2 Å². The number of hydrogen-bond acceptors (Lipinski definition) is 4. The van der Waals surface area contributed by atoms with Gasteiger partial charge in [0.05, 0.1) is 22.8 Å². The van der Waals surface area contributed by atoms with Crippen molar-refractivity contribution in [2.45, 2.75) is 27.2 Å². The molecule has 0 saturated heterocycles. The summed E-state index contributed by atoms with van der Waals surface area (Å²) >= 11 is 0. The minimum Gasteiger partial charge on any atom is -0.875 e. The molecule has 0 spiro atoms. The second-order valence-electron chi connectivity index (χ2n) is 8.25. The van der Waals surface area contributed by atoms with Crippen LogP contribution in [0.25, 0.3) is 12.2 Å². The van der Waals surface area contributed by atoms with Gasteiger partial charge < -0.3 is 10.1 Å². The van der Waals surface area contributed by atoms with Gasteiger partial charge in [0.1, 0.15) is 0 Å². The second kappa shape index (κ2) is 7.44. The molecular formula is C24H20N4OZn. The van der Waals surface area contributed by atoms with Crippen molar-refractivity contribution in [2.75, 3.05) is 0 Å². The smallest absolute Gasteiger partial charge is 0.875 e. The molecule has 0 N–H and O–H groups in total. The molecule has 0 amide bonds. The Bertz CT molecular complexity index is 1300. The van der Waals surface area contributed by atoms with E-state index in [0.29, 0.717) is 11.3 Å². The molecule has 5 rings (SSSR count). The first-order valence-corrected chi connectivity index (χ1v) is 9.66. The number of allylic oxidation sites excluding steroid dienone is 8. The van der Waals surface area contributed by atoms with E-state index in [0.717, 1.165) is 45.6 Å². The number of aliphatic imine (C=N–C) groups is 3. The summed E-state index contributed by atoms with van der Waals surface area (Å²) in [5.74, 6) is -0.0119. The Balaban J connectivity index is 0.00000218. The molecule has 1 aromatic rings. The maximum Gasteiger partial charge on any atom is 2.00 e. The largest absolute Gasteiger partial charge is 2.00 e. The van der Waals surface area contributed by atoms with Crippen LogP contribution in [0.2, 0.25) is 0 Å². The fourth-order valence-corrected chi connectivity index (χ4v) is 3.83. The van der Waals surface area contributed by atoms with E-state index in [-0.39, 0.29) is 30.7 Å². The third kappa shape index (κ3) is 3.80. The molecule has 5 heterocycles. The van der Waals surface area contributed by atoms with Gasteiger partial charge in [0.15, 0.2) is 0 Å². The molecule has 0 aliphatic carbocycles. The first-order chi connectivity index (χ1) is 13.9. The van der Waals surface area contributed by atoms with Crippen molar-refractivity contribution in [2.24, 2.45) is 20.4 Å². The molecule has 4 aliphatic heterocycles. The van der Waals surface area contributed by atoms with Crippen molar-refractivity contribution in [1.29, 1.82) is 0 Å². The Hall–Kier alpha value is -2.85. The van der Waals surface area contributed by atoms with Gasteiger partial charge in [-0.15, -0.1) is 16.5 Å². The summed E-state index contributed by atoms with van der Waals surface area (Å²) in [6.45, 7) is 5.93. The van der Waals surface area contributed by atoms with Crippen LogP contribution in [0, 0.1) is 5.41 Å². The van der Waals surface area contributed by atoms with E-state index in [1.807, 2.05) is 54.7 Å². The molecule has 6 heteroatoms. The summed E-state index contributed by atoms with van der Waals surface area (Å²) in [4.78, 5) is 18.8. The van der Waals surface area contributed by atoms with E-state index in [4.69, 9.17) is 4.99 Å². The van der Waals surface area contributed by atoms with Crippen LogP contribution in [-0.4, -0.2) is 17.1 Å². The van der Waals surface area contributed by atoms with Crippen LogP contribution in [0.5, 0.6) is 0 Å². The molecule has 5 nitrogen and oxygen atoms in total. The first-order valence-electron chi connectivity index (χ1n) is 9.66. The van der Waals surface area contributed by atoms with Crippen molar-refractivity contribution in [1.82, 2.24) is 4.98 Å². The molecule has 0 saturated carbocycles. The zero-order chi connectivity index (χ0) is 20.2. The molecule has 0 fully saturated rings. The van der Waals surface area contributed by atoms with E-state index in [1.54, 1.807) is 6.92 Å².